The maximum absolute atomic E-state index is 13.7. The van der Waals surface area contributed by atoms with Crippen LogP contribution in [-0.2, 0) is 24.8 Å². The lowest BCUT2D eigenvalue weighted by Gasteiger charge is -2.38. The molecule has 2 unspecified atom stereocenters. The Morgan fingerprint density at radius 3 is 2.45 bits per heavy atom. The lowest BCUT2D eigenvalue weighted by molar-refractivity contribution is -0.0312. The van der Waals surface area contributed by atoms with Crippen molar-refractivity contribution in [3.8, 4) is 16.9 Å². The monoisotopic (exact) mass is 615 g/mol. The number of nitrogens with zero attached hydrogens (tertiary/aromatic N) is 1. The number of rotatable bonds is 11. The number of hydrogen-bond donors (Lipinski definition) is 3. The van der Waals surface area contributed by atoms with Crippen LogP contribution in [-0.4, -0.2) is 83.9 Å². The second-order valence-corrected chi connectivity index (χ2v) is 14.5. The molecular weight excluding hydrogens is 578 g/mol. The van der Waals surface area contributed by atoms with Gasteiger partial charge in [-0.05, 0) is 50.1 Å². The number of benzene rings is 3. The maximum Gasteiger partial charge on any atom is 0.243 e. The van der Waals surface area contributed by atoms with Gasteiger partial charge < -0.3 is 19.9 Å². The van der Waals surface area contributed by atoms with Crippen molar-refractivity contribution in [2.24, 2.45) is 0 Å². The molecule has 2 saturated heterocycles. The maximum atomic E-state index is 13.7. The molecular formula is C30H37N3O7S2. The van der Waals surface area contributed by atoms with Gasteiger partial charge >= 0.3 is 0 Å². The number of aliphatic hydroxyl groups excluding tert-OH is 1. The van der Waals surface area contributed by atoms with Gasteiger partial charge in [0.1, 0.15) is 18.5 Å². The summed E-state index contributed by atoms with van der Waals surface area (Å²) in [6.07, 6.45) is 1.09. The molecule has 2 aliphatic heterocycles. The molecule has 3 N–H and O–H groups in total. The van der Waals surface area contributed by atoms with Gasteiger partial charge in [0.25, 0.3) is 0 Å². The summed E-state index contributed by atoms with van der Waals surface area (Å²) in [6.45, 7) is 1.48. The third kappa shape index (κ3) is 6.86. The summed E-state index contributed by atoms with van der Waals surface area (Å²) in [5.74, 6) is 0.349. The Labute approximate surface area is 247 Å². The molecule has 2 heterocycles. The molecule has 2 aliphatic rings. The van der Waals surface area contributed by atoms with Crippen molar-refractivity contribution in [2.75, 3.05) is 39.9 Å². The van der Waals surface area contributed by atoms with Crippen LogP contribution in [0.5, 0.6) is 5.75 Å². The highest BCUT2D eigenvalue weighted by atomic mass is 32.2. The van der Waals surface area contributed by atoms with Crippen LogP contribution in [0.1, 0.15) is 19.3 Å². The average molecular weight is 616 g/mol. The molecule has 0 aliphatic carbocycles. The Bertz CT molecular complexity index is 1580. The topological polar surface area (TPSA) is 134 Å². The molecule has 1 spiro atoms. The van der Waals surface area contributed by atoms with E-state index in [0.717, 1.165) is 12.0 Å². The van der Waals surface area contributed by atoms with E-state index in [-0.39, 0.29) is 24.1 Å². The van der Waals surface area contributed by atoms with Crippen LogP contribution < -0.4 is 14.8 Å². The minimum atomic E-state index is -3.69. The molecule has 10 nitrogen and oxygen atoms in total. The van der Waals surface area contributed by atoms with E-state index in [4.69, 9.17) is 9.47 Å². The molecule has 12 heteroatoms. The molecule has 5 rings (SSSR count). The Morgan fingerprint density at radius 2 is 1.71 bits per heavy atom. The zero-order valence-electron chi connectivity index (χ0n) is 23.5. The van der Waals surface area contributed by atoms with Gasteiger partial charge in [-0.3, -0.25) is 0 Å². The molecule has 2 atom stereocenters. The number of nitrogens with one attached hydrogen (secondary N) is 2. The van der Waals surface area contributed by atoms with Gasteiger partial charge in [-0.15, -0.1) is 0 Å². The lowest BCUT2D eigenvalue weighted by atomic mass is 9.88. The highest BCUT2D eigenvalue weighted by Crippen LogP contribution is 2.38. The molecule has 3 aromatic rings. The van der Waals surface area contributed by atoms with Crippen molar-refractivity contribution < 1.29 is 31.4 Å². The van der Waals surface area contributed by atoms with Crippen molar-refractivity contribution >= 4 is 20.0 Å². The van der Waals surface area contributed by atoms with E-state index in [2.05, 4.69) is 10.0 Å². The first kappa shape index (κ1) is 30.6. The number of ether oxygens (including phenoxy) is 2. The second-order valence-electron chi connectivity index (χ2n) is 10.7. The predicted octanol–water partition coefficient (Wildman–Crippen LogP) is 2.60. The van der Waals surface area contributed by atoms with Crippen molar-refractivity contribution in [1.29, 1.82) is 0 Å². The van der Waals surface area contributed by atoms with E-state index in [0.29, 0.717) is 48.7 Å². The van der Waals surface area contributed by atoms with Gasteiger partial charge in [-0.2, -0.15) is 4.31 Å². The van der Waals surface area contributed by atoms with Crippen LogP contribution in [0.3, 0.4) is 0 Å². The Kier molecular flexibility index (Phi) is 9.33. The fourth-order valence-corrected chi connectivity index (χ4v) is 7.97. The Hall–Kier alpha value is -2.84. The summed E-state index contributed by atoms with van der Waals surface area (Å²) in [4.78, 5) is 0.397. The van der Waals surface area contributed by atoms with Gasteiger partial charge in [-0.25, -0.2) is 21.6 Å². The molecule has 0 saturated carbocycles. The Morgan fingerprint density at radius 1 is 1.00 bits per heavy atom. The molecule has 0 bridgehead atoms. The first-order valence-electron chi connectivity index (χ1n) is 14.0. The highest BCUT2D eigenvalue weighted by molar-refractivity contribution is 7.89. The molecule has 0 amide bonds. The summed E-state index contributed by atoms with van der Waals surface area (Å²) in [6, 6.07) is 22.8. The van der Waals surface area contributed by atoms with Gasteiger partial charge in [0.2, 0.25) is 20.0 Å². The lowest BCUT2D eigenvalue weighted by Crippen LogP contribution is -2.47. The molecule has 0 aromatic heterocycles. The third-order valence-electron chi connectivity index (χ3n) is 7.90. The molecule has 0 radical (unpaired) electrons. The SMILES string of the molecule is CNS(=O)(=O)c1cccc(OCC(O)CNC2COC3(CCN(S(=O)(=O)c4ccccc4-c4ccccc4)CC3)C2)c1. The van der Waals surface area contributed by atoms with Crippen LogP contribution in [0.4, 0.5) is 0 Å². The van der Waals surface area contributed by atoms with Crippen LogP contribution >= 0.6 is 0 Å². The summed E-state index contributed by atoms with van der Waals surface area (Å²) in [5.41, 5.74) is 1.16. The number of aliphatic hydroxyl groups is 1. The van der Waals surface area contributed by atoms with E-state index in [1.165, 1.54) is 19.2 Å². The summed E-state index contributed by atoms with van der Waals surface area (Å²) in [7, 11) is -5.93. The van der Waals surface area contributed by atoms with Gasteiger partial charge in [0, 0.05) is 37.3 Å². The van der Waals surface area contributed by atoms with Crippen molar-refractivity contribution in [3.63, 3.8) is 0 Å². The van der Waals surface area contributed by atoms with E-state index in [9.17, 15) is 21.9 Å². The predicted molar refractivity (Wildman–Crippen MR) is 159 cm³/mol. The minimum Gasteiger partial charge on any atom is -0.491 e. The number of hydrogen-bond acceptors (Lipinski definition) is 8. The quantitative estimate of drug-likeness (QED) is 0.300. The zero-order valence-corrected chi connectivity index (χ0v) is 25.1. The first-order valence-corrected chi connectivity index (χ1v) is 16.9. The molecule has 3 aromatic carbocycles. The largest absolute Gasteiger partial charge is 0.491 e. The van der Waals surface area contributed by atoms with Gasteiger partial charge in [0.05, 0.1) is 22.0 Å². The van der Waals surface area contributed by atoms with Crippen LogP contribution in [0.25, 0.3) is 11.1 Å². The highest BCUT2D eigenvalue weighted by Gasteiger charge is 2.45. The fourth-order valence-electron chi connectivity index (χ4n) is 5.55. The number of piperidine rings is 1. The van der Waals surface area contributed by atoms with Crippen molar-refractivity contribution in [1.82, 2.24) is 14.3 Å². The van der Waals surface area contributed by atoms with Crippen molar-refractivity contribution in [3.05, 3.63) is 78.9 Å². The smallest absolute Gasteiger partial charge is 0.243 e. The first-order chi connectivity index (χ1) is 20.1. The van der Waals surface area contributed by atoms with Crippen LogP contribution in [0, 0.1) is 0 Å². The standard InChI is InChI=1S/C30H37N3O7S2/c1-31-41(35,36)27-11-7-10-26(18-27)39-22-25(34)20-32-24-19-30(40-21-24)14-16-33(17-15-30)42(37,38)29-13-6-5-12-28(29)23-8-3-2-4-9-23/h2-13,18,24-25,31-32,34H,14-17,19-22H2,1H3. The second kappa shape index (κ2) is 12.8. The Balaban J connectivity index is 1.12. The average Bonchev–Trinajstić information content (AvgIpc) is 3.41. The summed E-state index contributed by atoms with van der Waals surface area (Å²) >= 11 is 0. The van der Waals surface area contributed by atoms with Gasteiger partial charge in [-0.1, -0.05) is 54.6 Å². The van der Waals surface area contributed by atoms with E-state index < -0.39 is 31.8 Å². The number of sulfonamides is 2. The minimum absolute atomic E-state index is 0.00789. The molecule has 42 heavy (non-hydrogen) atoms. The van der Waals surface area contributed by atoms with E-state index >= 15 is 0 Å². The molecule has 2 fully saturated rings. The van der Waals surface area contributed by atoms with Crippen LogP contribution in [0.2, 0.25) is 0 Å². The fraction of sp³-hybridized carbons (Fsp3) is 0.400. The zero-order chi connectivity index (χ0) is 29.8. The summed E-state index contributed by atoms with van der Waals surface area (Å²) in [5, 5.41) is 13.8. The normalized spacial score (nSPS) is 20.0. The van der Waals surface area contributed by atoms with Crippen molar-refractivity contribution in [2.45, 2.75) is 46.8 Å². The molecule has 226 valence electrons. The van der Waals surface area contributed by atoms with Gasteiger partial charge in [0.15, 0.2) is 0 Å². The van der Waals surface area contributed by atoms with Crippen LogP contribution in [0.15, 0.2) is 88.7 Å². The van der Waals surface area contributed by atoms with E-state index in [1.807, 2.05) is 42.5 Å². The van der Waals surface area contributed by atoms with E-state index in [1.54, 1.807) is 28.6 Å². The third-order valence-corrected chi connectivity index (χ3v) is 11.3. The summed E-state index contributed by atoms with van der Waals surface area (Å²) < 4.78 is 67.0.